The van der Waals surface area contributed by atoms with E-state index in [1.54, 1.807) is 36.4 Å². The molecule has 0 spiro atoms. The number of benzene rings is 1. The number of carbonyl (C=O) groups excluding carboxylic acids is 3. The Labute approximate surface area is 126 Å². The van der Waals surface area contributed by atoms with Crippen molar-refractivity contribution in [3.8, 4) is 0 Å². The fraction of sp³-hybridized carbons (Fsp3) is 0.133. The maximum absolute atomic E-state index is 12.1. The van der Waals surface area contributed by atoms with Crippen LogP contribution in [0.2, 0.25) is 0 Å². The van der Waals surface area contributed by atoms with Crippen molar-refractivity contribution >= 4 is 40.3 Å². The Morgan fingerprint density at radius 1 is 0.905 bits per heavy atom. The van der Waals surface area contributed by atoms with E-state index in [-0.39, 0.29) is 17.6 Å². The molecular weight excluding hydrogens is 288 g/mol. The number of anilines is 2. The minimum absolute atomic E-state index is 0.0632. The van der Waals surface area contributed by atoms with Gasteiger partial charge in [0.2, 0.25) is 5.91 Å². The van der Waals surface area contributed by atoms with Crippen molar-refractivity contribution < 1.29 is 14.4 Å². The summed E-state index contributed by atoms with van der Waals surface area (Å²) in [6.45, 7) is 2.88. The first-order valence-electron chi connectivity index (χ1n) is 6.25. The Bertz CT molecular complexity index is 706. The number of amides is 2. The molecule has 0 aliphatic heterocycles. The van der Waals surface area contributed by atoms with Gasteiger partial charge in [-0.3, -0.25) is 14.4 Å². The average molecular weight is 302 g/mol. The van der Waals surface area contributed by atoms with E-state index in [0.717, 1.165) is 11.3 Å². The highest BCUT2D eigenvalue weighted by atomic mass is 32.1. The zero-order valence-electron chi connectivity index (χ0n) is 11.6. The highest BCUT2D eigenvalue weighted by Gasteiger charge is 2.11. The van der Waals surface area contributed by atoms with E-state index in [2.05, 4.69) is 10.6 Å². The predicted octanol–water partition coefficient (Wildman–Crippen LogP) is 3.16. The van der Waals surface area contributed by atoms with Crippen molar-refractivity contribution in [1.29, 1.82) is 0 Å². The number of hydrogen-bond donors (Lipinski definition) is 2. The van der Waals surface area contributed by atoms with Crippen LogP contribution in [-0.4, -0.2) is 17.6 Å². The fourth-order valence-corrected chi connectivity index (χ4v) is 2.52. The van der Waals surface area contributed by atoms with Crippen LogP contribution in [0.4, 0.5) is 11.4 Å². The predicted molar refractivity (Wildman–Crippen MR) is 83.0 cm³/mol. The normalized spacial score (nSPS) is 10.0. The monoisotopic (exact) mass is 302 g/mol. The molecule has 0 radical (unpaired) electrons. The number of hydrogen-bond acceptors (Lipinski definition) is 4. The third kappa shape index (κ3) is 4.00. The summed E-state index contributed by atoms with van der Waals surface area (Å²) < 4.78 is 0. The highest BCUT2D eigenvalue weighted by Crippen LogP contribution is 2.20. The van der Waals surface area contributed by atoms with E-state index in [0.29, 0.717) is 21.1 Å². The van der Waals surface area contributed by atoms with Crippen LogP contribution in [0.25, 0.3) is 0 Å². The Morgan fingerprint density at radius 2 is 1.52 bits per heavy atom. The summed E-state index contributed by atoms with van der Waals surface area (Å²) in [5.74, 6) is -0.526. The van der Waals surface area contributed by atoms with Gasteiger partial charge in [-0.1, -0.05) is 6.07 Å². The van der Waals surface area contributed by atoms with Gasteiger partial charge in [0.1, 0.15) is 0 Å². The minimum Gasteiger partial charge on any atom is -0.326 e. The van der Waals surface area contributed by atoms with E-state index in [1.807, 2.05) is 0 Å². The number of carbonyl (C=O) groups is 3. The molecule has 0 aliphatic carbocycles. The van der Waals surface area contributed by atoms with Gasteiger partial charge in [0, 0.05) is 18.3 Å². The lowest BCUT2D eigenvalue weighted by atomic mass is 10.2. The van der Waals surface area contributed by atoms with Crippen LogP contribution in [0.5, 0.6) is 0 Å². The number of thiophene rings is 1. The molecule has 0 unspecified atom stereocenters. The molecular formula is C15H14N2O3S. The molecule has 0 fully saturated rings. The molecule has 108 valence electrons. The van der Waals surface area contributed by atoms with Crippen molar-refractivity contribution in [2.45, 2.75) is 13.8 Å². The molecule has 0 aliphatic rings. The van der Waals surface area contributed by atoms with Gasteiger partial charge in [-0.2, -0.15) is 0 Å². The summed E-state index contributed by atoms with van der Waals surface area (Å²) in [5.41, 5.74) is 1.18. The number of rotatable bonds is 4. The average Bonchev–Trinajstić information content (AvgIpc) is 2.88. The van der Waals surface area contributed by atoms with Gasteiger partial charge in [-0.25, -0.2) is 0 Å². The van der Waals surface area contributed by atoms with Gasteiger partial charge >= 0.3 is 0 Å². The van der Waals surface area contributed by atoms with Crippen LogP contribution in [0.1, 0.15) is 33.2 Å². The maximum atomic E-state index is 12.1. The SMILES string of the molecule is CC(=O)Nc1cccc(NC(=O)c2ccc(C(C)=O)s2)c1. The van der Waals surface area contributed by atoms with Crippen LogP contribution in [-0.2, 0) is 4.79 Å². The minimum atomic E-state index is -0.285. The largest absolute Gasteiger partial charge is 0.326 e. The van der Waals surface area contributed by atoms with E-state index in [4.69, 9.17) is 0 Å². The van der Waals surface area contributed by atoms with E-state index in [1.165, 1.54) is 13.8 Å². The molecule has 0 saturated carbocycles. The molecule has 1 aromatic carbocycles. The summed E-state index contributed by atoms with van der Waals surface area (Å²) >= 11 is 1.15. The van der Waals surface area contributed by atoms with Gasteiger partial charge < -0.3 is 10.6 Å². The number of Topliss-reactive ketones (excluding diaryl/α,β-unsaturated/α-hetero) is 1. The molecule has 1 aromatic heterocycles. The Balaban J connectivity index is 2.11. The second-order valence-electron chi connectivity index (χ2n) is 4.44. The summed E-state index contributed by atoms with van der Waals surface area (Å²) in [4.78, 5) is 35.3. The summed E-state index contributed by atoms with van der Waals surface area (Å²) in [6.07, 6.45) is 0. The van der Waals surface area contributed by atoms with E-state index >= 15 is 0 Å². The van der Waals surface area contributed by atoms with Crippen molar-refractivity contribution in [3.05, 3.63) is 46.2 Å². The molecule has 2 rings (SSSR count). The lowest BCUT2D eigenvalue weighted by Crippen LogP contribution is -2.11. The summed E-state index contributed by atoms with van der Waals surface area (Å²) in [5, 5.41) is 5.38. The van der Waals surface area contributed by atoms with Crippen LogP contribution in [0.15, 0.2) is 36.4 Å². The first kappa shape index (κ1) is 14.9. The molecule has 0 bridgehead atoms. The molecule has 21 heavy (non-hydrogen) atoms. The molecule has 1 heterocycles. The number of ketones is 1. The molecule has 2 amide bonds. The second kappa shape index (κ2) is 6.32. The van der Waals surface area contributed by atoms with Crippen LogP contribution >= 0.6 is 11.3 Å². The molecule has 6 heteroatoms. The van der Waals surface area contributed by atoms with Crippen LogP contribution < -0.4 is 10.6 Å². The first-order chi connectivity index (χ1) is 9.95. The highest BCUT2D eigenvalue weighted by molar-refractivity contribution is 7.16. The molecule has 0 saturated heterocycles. The van der Waals surface area contributed by atoms with Crippen molar-refractivity contribution in [1.82, 2.24) is 0 Å². The molecule has 2 aromatic rings. The lowest BCUT2D eigenvalue weighted by Gasteiger charge is -2.06. The van der Waals surface area contributed by atoms with Crippen LogP contribution in [0, 0.1) is 0 Å². The van der Waals surface area contributed by atoms with Gasteiger partial charge in [-0.05, 0) is 37.3 Å². The second-order valence-corrected chi connectivity index (χ2v) is 5.52. The number of nitrogens with one attached hydrogen (secondary N) is 2. The van der Waals surface area contributed by atoms with Crippen molar-refractivity contribution in [2.24, 2.45) is 0 Å². The summed E-state index contributed by atoms with van der Waals surface area (Å²) in [6, 6.07) is 10.1. The first-order valence-corrected chi connectivity index (χ1v) is 7.07. The molecule has 0 atom stereocenters. The van der Waals surface area contributed by atoms with Gasteiger partial charge in [-0.15, -0.1) is 11.3 Å². The van der Waals surface area contributed by atoms with E-state index in [9.17, 15) is 14.4 Å². The third-order valence-electron chi connectivity index (χ3n) is 2.62. The molecule has 5 nitrogen and oxygen atoms in total. The van der Waals surface area contributed by atoms with Gasteiger partial charge in [0.25, 0.3) is 5.91 Å². The summed E-state index contributed by atoms with van der Waals surface area (Å²) in [7, 11) is 0. The van der Waals surface area contributed by atoms with Crippen molar-refractivity contribution in [3.63, 3.8) is 0 Å². The Hall–Kier alpha value is -2.47. The lowest BCUT2D eigenvalue weighted by molar-refractivity contribution is -0.114. The maximum Gasteiger partial charge on any atom is 0.265 e. The smallest absolute Gasteiger partial charge is 0.265 e. The fourth-order valence-electron chi connectivity index (χ4n) is 1.72. The third-order valence-corrected chi connectivity index (χ3v) is 3.80. The topological polar surface area (TPSA) is 75.3 Å². The van der Waals surface area contributed by atoms with Gasteiger partial charge in [0.05, 0.1) is 9.75 Å². The van der Waals surface area contributed by atoms with Gasteiger partial charge in [0.15, 0.2) is 5.78 Å². The van der Waals surface area contributed by atoms with Crippen LogP contribution in [0.3, 0.4) is 0 Å². The zero-order valence-corrected chi connectivity index (χ0v) is 12.4. The zero-order chi connectivity index (χ0) is 15.4. The molecule has 2 N–H and O–H groups in total. The van der Waals surface area contributed by atoms with Crippen molar-refractivity contribution in [2.75, 3.05) is 10.6 Å². The standard InChI is InChI=1S/C15H14N2O3S/c1-9(18)13-6-7-14(21-13)15(20)17-12-5-3-4-11(8-12)16-10(2)19/h3-8H,1-2H3,(H,16,19)(H,17,20). The Kier molecular flexibility index (Phi) is 4.49. The van der Waals surface area contributed by atoms with E-state index < -0.39 is 0 Å². The Morgan fingerprint density at radius 3 is 2.10 bits per heavy atom. The quantitative estimate of drug-likeness (QED) is 0.852.